The van der Waals surface area contributed by atoms with Crippen LogP contribution >= 0.6 is 0 Å². The van der Waals surface area contributed by atoms with Gasteiger partial charge in [0.1, 0.15) is 17.1 Å². The van der Waals surface area contributed by atoms with Crippen molar-refractivity contribution < 1.29 is 57.9 Å². The standard InChI is InChI=1S/C62H52N6O5.2ClH/c1-2-3-4-5-6-7-32-73-50-34-46(61(71)63-48-16-10-30-67(36-48)38-55(69)65-53-28-24-44-20-18-40-12-8-14-42-22-26-51(53)59(44)57(40)42)33-47(35-50)62(72)64-49-17-11-31-68(37-49)39-56(70)66-54-29-25-45-21-19-41-13-9-15-43-23-27-52(54)60(45)58(41)43;;/h8-31,33-37H,2-7,32,38-39H2,1H3,(H2-2,63,64,65,66,69,70,71,72);2*1H. The van der Waals surface area contributed by atoms with Crippen molar-refractivity contribution in [3.63, 3.8) is 0 Å². The number of hydrogen-bond donors (Lipinski definition) is 4. The van der Waals surface area contributed by atoms with Gasteiger partial charge in [-0.25, -0.2) is 0 Å². The largest absolute Gasteiger partial charge is 1.00 e. The molecule has 11 aromatic rings. The third kappa shape index (κ3) is 11.1. The van der Waals surface area contributed by atoms with Gasteiger partial charge in [0.05, 0.1) is 6.61 Å². The van der Waals surface area contributed by atoms with Crippen LogP contribution in [0.15, 0.2) is 176 Å². The highest BCUT2D eigenvalue weighted by molar-refractivity contribution is 6.27. The highest BCUT2D eigenvalue weighted by atomic mass is 35.5. The number of hydrogen-bond acceptors (Lipinski definition) is 5. The van der Waals surface area contributed by atoms with E-state index in [4.69, 9.17) is 4.74 Å². The minimum Gasteiger partial charge on any atom is -1.00 e. The van der Waals surface area contributed by atoms with Crippen LogP contribution in [0.1, 0.15) is 66.2 Å². The Bertz CT molecular complexity index is 3630. The highest BCUT2D eigenvalue weighted by Crippen LogP contribution is 2.39. The van der Waals surface area contributed by atoms with Crippen molar-refractivity contribution >= 4 is 111 Å². The summed E-state index contributed by atoms with van der Waals surface area (Å²) in [6.07, 6.45) is 13.4. The minimum absolute atomic E-state index is 0. The van der Waals surface area contributed by atoms with E-state index in [0.717, 1.165) is 84.5 Å². The van der Waals surface area contributed by atoms with Crippen LogP contribution in [0.4, 0.5) is 22.7 Å². The van der Waals surface area contributed by atoms with Crippen molar-refractivity contribution in [2.45, 2.75) is 58.5 Å². The predicted molar refractivity (Wildman–Crippen MR) is 292 cm³/mol. The molecule has 4 amide bonds. The Hall–Kier alpha value is -8.38. The van der Waals surface area contributed by atoms with Crippen molar-refractivity contribution in [2.24, 2.45) is 0 Å². The molecule has 0 saturated carbocycles. The fourth-order valence-corrected chi connectivity index (χ4v) is 10.2. The molecule has 0 radical (unpaired) electrons. The smallest absolute Gasteiger partial charge is 0.290 e. The summed E-state index contributed by atoms with van der Waals surface area (Å²) in [5.74, 6) is -0.959. The van der Waals surface area contributed by atoms with Gasteiger partial charge >= 0.3 is 0 Å². The van der Waals surface area contributed by atoms with Crippen LogP contribution < -0.4 is 60.0 Å². The van der Waals surface area contributed by atoms with Crippen molar-refractivity contribution in [2.75, 3.05) is 27.9 Å². The van der Waals surface area contributed by atoms with Crippen LogP contribution in [0.5, 0.6) is 5.75 Å². The molecule has 0 fully saturated rings. The van der Waals surface area contributed by atoms with E-state index in [-0.39, 0.29) is 60.8 Å². The molecule has 4 N–H and O–H groups in total. The Morgan fingerprint density at radius 3 is 1.32 bits per heavy atom. The third-order valence-electron chi connectivity index (χ3n) is 13.7. The molecule has 0 aliphatic carbocycles. The van der Waals surface area contributed by atoms with Crippen molar-refractivity contribution in [3.05, 3.63) is 188 Å². The normalized spacial score (nSPS) is 11.2. The molecule has 0 spiro atoms. The lowest BCUT2D eigenvalue weighted by Crippen LogP contribution is -3.00. The van der Waals surface area contributed by atoms with Gasteiger partial charge < -0.3 is 50.8 Å². The van der Waals surface area contributed by atoms with E-state index < -0.39 is 11.8 Å². The van der Waals surface area contributed by atoms with Gasteiger partial charge in [0.2, 0.25) is 13.1 Å². The van der Waals surface area contributed by atoms with E-state index in [1.807, 2.05) is 24.3 Å². The average Bonchev–Trinajstić information content (AvgIpc) is 3.40. The van der Waals surface area contributed by atoms with Crippen LogP contribution in [-0.4, -0.2) is 30.2 Å². The number of halogens is 2. The van der Waals surface area contributed by atoms with Crippen LogP contribution in [-0.2, 0) is 22.7 Å². The monoisotopic (exact) mass is 1030 g/mol. The molecule has 0 unspecified atom stereocenters. The molecule has 0 atom stereocenters. The Kier molecular flexibility index (Phi) is 15.7. The zero-order chi connectivity index (χ0) is 49.8. The van der Waals surface area contributed by atoms with Crippen molar-refractivity contribution in [1.29, 1.82) is 0 Å². The summed E-state index contributed by atoms with van der Waals surface area (Å²) in [4.78, 5) is 55.2. The maximum absolute atomic E-state index is 14.0. The second-order valence-corrected chi connectivity index (χ2v) is 18.8. The SMILES string of the molecule is CCCCCCCCOc1cc(C(=O)Nc2ccc[n+](CC(=O)Nc3ccc4ccc5cccc6ccc3c4c56)c2)cc(C(=O)Nc2ccc[n+](CC(=O)Nc3ccc4ccc5cccc6ccc3c4c56)c2)c1.[Cl-].[Cl-]. The van der Waals surface area contributed by atoms with Crippen molar-refractivity contribution in [3.8, 4) is 5.75 Å². The molecule has 0 aliphatic heterocycles. The van der Waals surface area contributed by atoms with E-state index in [1.54, 1.807) is 70.3 Å². The number of ether oxygens (including phenoxy) is 1. The number of anilines is 4. The second kappa shape index (κ2) is 22.8. The fraction of sp³-hybridized carbons (Fsp3) is 0.161. The molecule has 2 heterocycles. The van der Waals surface area contributed by atoms with Gasteiger partial charge in [0.25, 0.3) is 23.6 Å². The van der Waals surface area contributed by atoms with E-state index in [9.17, 15) is 19.2 Å². The summed E-state index contributed by atoms with van der Waals surface area (Å²) < 4.78 is 9.60. The van der Waals surface area contributed by atoms with E-state index in [0.29, 0.717) is 23.7 Å². The molecule has 2 aromatic heterocycles. The first-order chi connectivity index (χ1) is 35.7. The van der Waals surface area contributed by atoms with Crippen LogP contribution in [0, 0.1) is 0 Å². The molecule has 0 aliphatic rings. The molecule has 0 bridgehead atoms. The number of amides is 4. The van der Waals surface area contributed by atoms with Gasteiger partial charge in [0.15, 0.2) is 24.8 Å². The molecular formula is C62H54Cl2N6O5. The Morgan fingerprint density at radius 1 is 0.440 bits per heavy atom. The summed E-state index contributed by atoms with van der Waals surface area (Å²) >= 11 is 0. The summed E-state index contributed by atoms with van der Waals surface area (Å²) in [6.45, 7) is 2.63. The van der Waals surface area contributed by atoms with E-state index in [2.05, 4.69) is 113 Å². The number of carbonyl (C=O) groups is 4. The second-order valence-electron chi connectivity index (χ2n) is 18.8. The van der Waals surface area contributed by atoms with Crippen LogP contribution in [0.25, 0.3) is 64.6 Å². The number of rotatable bonds is 18. The number of benzene rings is 9. The Labute approximate surface area is 446 Å². The number of carbonyl (C=O) groups excluding carboxylic acids is 4. The molecule has 11 rings (SSSR count). The van der Waals surface area contributed by atoms with Crippen molar-refractivity contribution in [1.82, 2.24) is 0 Å². The summed E-state index contributed by atoms with van der Waals surface area (Å²) in [6, 6.07) is 49.1. The summed E-state index contributed by atoms with van der Waals surface area (Å²) in [7, 11) is 0. The maximum atomic E-state index is 14.0. The number of nitrogens with zero attached hydrogens (tertiary/aromatic N) is 2. The van der Waals surface area contributed by atoms with E-state index in [1.165, 1.54) is 36.1 Å². The number of pyridine rings is 2. The molecule has 376 valence electrons. The first-order valence-electron chi connectivity index (χ1n) is 25.1. The van der Waals surface area contributed by atoms with Gasteiger partial charge in [-0.15, -0.1) is 0 Å². The Balaban J connectivity index is 0.00000344. The summed E-state index contributed by atoms with van der Waals surface area (Å²) in [5, 5.41) is 25.5. The number of unbranched alkanes of at least 4 members (excludes halogenated alkanes) is 5. The fourth-order valence-electron chi connectivity index (χ4n) is 10.2. The molecule has 75 heavy (non-hydrogen) atoms. The minimum atomic E-state index is -0.455. The lowest BCUT2D eigenvalue weighted by atomic mass is 9.93. The van der Waals surface area contributed by atoms with Gasteiger partial charge in [0, 0.05) is 45.4 Å². The summed E-state index contributed by atoms with van der Waals surface area (Å²) in [5.41, 5.74) is 2.82. The molecule has 11 nitrogen and oxygen atoms in total. The number of nitrogens with one attached hydrogen (secondary N) is 4. The van der Waals surface area contributed by atoms with Gasteiger partial charge in [-0.1, -0.05) is 136 Å². The average molecular weight is 1030 g/mol. The molecule has 9 aromatic carbocycles. The lowest BCUT2D eigenvalue weighted by Gasteiger charge is -2.14. The predicted octanol–water partition coefficient (Wildman–Crippen LogP) is 6.59. The first-order valence-corrected chi connectivity index (χ1v) is 25.1. The highest BCUT2D eigenvalue weighted by Gasteiger charge is 2.20. The van der Waals surface area contributed by atoms with Gasteiger partial charge in [-0.3, -0.25) is 19.2 Å². The zero-order valence-electron chi connectivity index (χ0n) is 41.3. The first kappa shape index (κ1) is 51.5. The number of aromatic nitrogens is 2. The maximum Gasteiger partial charge on any atom is 0.290 e. The zero-order valence-corrected chi connectivity index (χ0v) is 42.8. The Morgan fingerprint density at radius 2 is 0.853 bits per heavy atom. The van der Waals surface area contributed by atoms with Crippen LogP contribution in [0.3, 0.4) is 0 Å². The quantitative estimate of drug-likeness (QED) is 0.0438. The van der Waals surface area contributed by atoms with Crippen LogP contribution in [0.2, 0.25) is 0 Å². The molecule has 13 heteroatoms. The molecule has 0 saturated heterocycles. The molecular weight excluding hydrogens is 980 g/mol. The lowest BCUT2D eigenvalue weighted by molar-refractivity contribution is -0.683. The van der Waals surface area contributed by atoms with E-state index >= 15 is 0 Å². The van der Waals surface area contributed by atoms with Gasteiger partial charge in [-0.05, 0) is 103 Å². The van der Waals surface area contributed by atoms with Gasteiger partial charge in [-0.2, -0.15) is 9.13 Å². The topological polar surface area (TPSA) is 133 Å². The third-order valence-corrected chi connectivity index (χ3v) is 13.7.